The van der Waals surface area contributed by atoms with Gasteiger partial charge in [0, 0.05) is 46.8 Å². The fraction of sp³-hybridized carbons (Fsp3) is 0.459. The molecule has 2 bridgehead atoms. The molecule has 1 spiro atoms. The number of fused-ring (bicyclic) bond motifs is 4. The van der Waals surface area contributed by atoms with Crippen molar-refractivity contribution in [3.63, 3.8) is 0 Å². The summed E-state index contributed by atoms with van der Waals surface area (Å²) in [6.45, 7) is 5.50. The van der Waals surface area contributed by atoms with Gasteiger partial charge in [-0.2, -0.15) is 0 Å². The summed E-state index contributed by atoms with van der Waals surface area (Å²) in [6.07, 6.45) is 11.3. The Hall–Kier alpha value is -3.27. The Labute approximate surface area is 283 Å². The number of carbonyl (C=O) groups excluding carboxylic acids is 1. The summed E-state index contributed by atoms with van der Waals surface area (Å²) in [7, 11) is -1.65. The molecule has 2 aliphatic heterocycles. The van der Waals surface area contributed by atoms with E-state index in [1.54, 1.807) is 18.2 Å². The average Bonchev–Trinajstić information content (AvgIpc) is 3.19. The number of nitrogens with one attached hydrogen (secondary N) is 1. The molecule has 7 atom stereocenters. The first-order chi connectivity index (χ1) is 22.6. The first-order valence-corrected chi connectivity index (χ1v) is 18.2. The molecular formula is C37H41ClFN3O4S. The van der Waals surface area contributed by atoms with Gasteiger partial charge >= 0.3 is 0 Å². The number of allylic oxidation sites excluding steroid dienone is 1. The molecule has 5 unspecified atom stereocenters. The molecule has 3 heterocycles. The smallest absolute Gasteiger partial charge is 0.263 e. The van der Waals surface area contributed by atoms with Crippen LogP contribution in [0.15, 0.2) is 67.0 Å². The van der Waals surface area contributed by atoms with E-state index >= 15 is 4.39 Å². The number of aliphatic hydroxyl groups is 1. The van der Waals surface area contributed by atoms with Crippen molar-refractivity contribution in [3.8, 4) is 5.75 Å². The third-order valence-corrected chi connectivity index (χ3v) is 12.9. The maximum Gasteiger partial charge on any atom is 0.263 e. The van der Waals surface area contributed by atoms with Gasteiger partial charge in [0.25, 0.3) is 5.91 Å². The van der Waals surface area contributed by atoms with E-state index in [1.807, 2.05) is 38.1 Å². The fourth-order valence-corrected chi connectivity index (χ4v) is 9.34. The van der Waals surface area contributed by atoms with Crippen LogP contribution in [0.2, 0.25) is 5.02 Å². The predicted octanol–water partition coefficient (Wildman–Crippen LogP) is 6.64. The normalized spacial score (nSPS) is 33.0. The van der Waals surface area contributed by atoms with Crippen molar-refractivity contribution in [2.45, 2.75) is 68.6 Å². The highest BCUT2D eigenvalue weighted by Crippen LogP contribution is 2.51. The van der Waals surface area contributed by atoms with E-state index in [0.29, 0.717) is 42.5 Å². The first-order valence-electron chi connectivity index (χ1n) is 16.6. The summed E-state index contributed by atoms with van der Waals surface area (Å²) in [5.74, 6) is -0.562. The number of pyridine rings is 1. The molecular weight excluding hydrogens is 637 g/mol. The van der Waals surface area contributed by atoms with Gasteiger partial charge < -0.3 is 14.7 Å². The van der Waals surface area contributed by atoms with Gasteiger partial charge in [0.2, 0.25) is 0 Å². The zero-order valence-electron chi connectivity index (χ0n) is 26.8. The average molecular weight is 678 g/mol. The molecule has 0 saturated heterocycles. The van der Waals surface area contributed by atoms with Crippen LogP contribution in [-0.2, 0) is 28.4 Å². The molecule has 1 saturated carbocycles. The van der Waals surface area contributed by atoms with Gasteiger partial charge in [-0.3, -0.25) is 14.5 Å². The minimum absolute atomic E-state index is 0.0303. The summed E-state index contributed by atoms with van der Waals surface area (Å²) in [5, 5.41) is 12.8. The maximum atomic E-state index is 15.4. The number of ether oxygens (including phenoxy) is 1. The number of hydrogen-bond donors (Lipinski definition) is 2. The molecule has 2 aromatic carbocycles. The second-order valence-electron chi connectivity index (χ2n) is 14.0. The molecule has 1 amide bonds. The molecule has 0 radical (unpaired) electrons. The third-order valence-electron chi connectivity index (χ3n) is 11.2. The van der Waals surface area contributed by atoms with Gasteiger partial charge in [0.1, 0.15) is 28.2 Å². The Morgan fingerprint density at radius 3 is 2.79 bits per heavy atom. The van der Waals surface area contributed by atoms with Gasteiger partial charge in [0.05, 0.1) is 23.7 Å². The Morgan fingerprint density at radius 1 is 1.15 bits per heavy atom. The minimum atomic E-state index is -1.65. The van der Waals surface area contributed by atoms with Crippen LogP contribution in [0.4, 0.5) is 10.1 Å². The second-order valence-corrected chi connectivity index (χ2v) is 15.9. The molecule has 2 aliphatic carbocycles. The van der Waals surface area contributed by atoms with Crippen LogP contribution in [0, 0.1) is 23.6 Å². The van der Waals surface area contributed by atoms with E-state index in [4.69, 9.17) is 16.3 Å². The molecule has 7 rings (SSSR count). The van der Waals surface area contributed by atoms with Crippen LogP contribution in [0.1, 0.15) is 73.0 Å². The van der Waals surface area contributed by atoms with Crippen molar-refractivity contribution >= 4 is 34.2 Å². The van der Waals surface area contributed by atoms with Crippen molar-refractivity contribution < 1.29 is 23.2 Å². The van der Waals surface area contributed by atoms with E-state index in [2.05, 4.69) is 26.7 Å². The van der Waals surface area contributed by atoms with Crippen molar-refractivity contribution in [1.29, 1.82) is 0 Å². The van der Waals surface area contributed by atoms with Gasteiger partial charge in [-0.25, -0.2) is 8.60 Å². The van der Waals surface area contributed by atoms with Crippen molar-refractivity contribution in [3.05, 3.63) is 100 Å². The summed E-state index contributed by atoms with van der Waals surface area (Å²) in [6, 6.07) is 13.1. The molecule has 248 valence electrons. The van der Waals surface area contributed by atoms with Gasteiger partial charge in [-0.1, -0.05) is 36.7 Å². The lowest BCUT2D eigenvalue weighted by atomic mass is 9.62. The van der Waals surface area contributed by atoms with Crippen LogP contribution >= 0.6 is 11.6 Å². The number of nitrogens with zero attached hydrogens (tertiary/aromatic N) is 2. The van der Waals surface area contributed by atoms with Crippen LogP contribution in [0.5, 0.6) is 5.75 Å². The molecule has 47 heavy (non-hydrogen) atoms. The number of halogens is 2. The highest BCUT2D eigenvalue weighted by Gasteiger charge is 2.49. The predicted molar refractivity (Wildman–Crippen MR) is 183 cm³/mol. The van der Waals surface area contributed by atoms with Crippen molar-refractivity contribution in [2.75, 3.05) is 24.6 Å². The van der Waals surface area contributed by atoms with E-state index in [1.165, 1.54) is 17.3 Å². The van der Waals surface area contributed by atoms with E-state index in [-0.39, 0.29) is 34.0 Å². The van der Waals surface area contributed by atoms with Gasteiger partial charge in [-0.15, -0.1) is 0 Å². The molecule has 1 aromatic heterocycles. The largest absolute Gasteiger partial charge is 0.490 e. The zero-order valence-corrected chi connectivity index (χ0v) is 28.3. The number of anilines is 1. The first kappa shape index (κ1) is 32.3. The second kappa shape index (κ2) is 12.6. The lowest BCUT2D eigenvalue weighted by Gasteiger charge is -2.49. The number of rotatable bonds is 1. The van der Waals surface area contributed by atoms with Gasteiger partial charge in [0.15, 0.2) is 0 Å². The molecule has 1 fully saturated rings. The maximum absolute atomic E-state index is 15.4. The van der Waals surface area contributed by atoms with Gasteiger partial charge in [-0.05, 0) is 105 Å². The van der Waals surface area contributed by atoms with E-state index in [9.17, 15) is 14.1 Å². The van der Waals surface area contributed by atoms with Crippen LogP contribution < -0.4 is 14.4 Å². The Balaban J connectivity index is 1.34. The molecule has 3 aromatic rings. The molecule has 7 nitrogen and oxygen atoms in total. The van der Waals surface area contributed by atoms with Crippen LogP contribution in [-0.4, -0.2) is 45.2 Å². The summed E-state index contributed by atoms with van der Waals surface area (Å²) >= 11 is 6.43. The topological polar surface area (TPSA) is 91.8 Å². The number of aryl methyl sites for hydroxylation is 1. The Kier molecular flexibility index (Phi) is 8.68. The quantitative estimate of drug-likeness (QED) is 0.281. The summed E-state index contributed by atoms with van der Waals surface area (Å²) < 4.78 is 38.0. The standard InChI is InChI=1S/C37H41ClFN3O4S/c1-23-5-3-15-37(44,31-13-16-40-19-32(31)39)30-10-7-27(30)20-42-21-36(14-4-6-25-17-28(38)9-11-29(25)36)22-46-34-12-8-26(18-33(34)42)35(43)41-47(45)24(23)2/h3,8-9,11-13,15-19,23-24,27,30,44H,4-7,10,14,20-22H2,1-2H3,(H,41,43)/b15-3+/t23?,24?,27?,30?,36-,37+,47?/m0/s1. The van der Waals surface area contributed by atoms with Crippen molar-refractivity contribution in [2.24, 2.45) is 17.8 Å². The highest BCUT2D eigenvalue weighted by molar-refractivity contribution is 7.84. The SMILES string of the molecule is CC1C/C=C/[C@](O)(c2ccncc2F)C2CCC2CN2C[C@@]3(CCCc4cc(Cl)ccc43)COc3ccc(cc32)C(=O)NS(=O)C1C. The number of amides is 1. The van der Waals surface area contributed by atoms with Crippen LogP contribution in [0.25, 0.3) is 0 Å². The van der Waals surface area contributed by atoms with E-state index < -0.39 is 28.3 Å². The summed E-state index contributed by atoms with van der Waals surface area (Å²) in [5.41, 5.74) is 2.00. The Bertz CT molecular complexity index is 1750. The summed E-state index contributed by atoms with van der Waals surface area (Å²) in [4.78, 5) is 19.7. The highest BCUT2D eigenvalue weighted by atomic mass is 35.5. The van der Waals surface area contributed by atoms with Crippen molar-refractivity contribution in [1.82, 2.24) is 9.71 Å². The minimum Gasteiger partial charge on any atom is -0.490 e. The lowest BCUT2D eigenvalue weighted by Crippen LogP contribution is -2.51. The lowest BCUT2D eigenvalue weighted by molar-refractivity contribution is -0.0522. The van der Waals surface area contributed by atoms with Crippen LogP contribution in [0.3, 0.4) is 0 Å². The zero-order chi connectivity index (χ0) is 32.9. The molecule has 10 heteroatoms. The number of aromatic nitrogens is 1. The number of hydrogen-bond acceptors (Lipinski definition) is 6. The van der Waals surface area contributed by atoms with E-state index in [0.717, 1.165) is 44.0 Å². The Morgan fingerprint density at radius 2 is 2.00 bits per heavy atom. The number of carbonyl (C=O) groups is 1. The fourth-order valence-electron chi connectivity index (χ4n) is 8.13. The third kappa shape index (κ3) is 5.89. The monoisotopic (exact) mass is 677 g/mol. The molecule has 2 N–H and O–H groups in total. The number of benzene rings is 2. The molecule has 4 aliphatic rings.